The van der Waals surface area contributed by atoms with E-state index in [9.17, 15) is 13.6 Å². The van der Waals surface area contributed by atoms with Crippen molar-refractivity contribution in [3.8, 4) is 0 Å². The SMILES string of the molecule is Cc1ncnc2c1CN(CC(C)(F)F)C(=O)N2. The molecule has 1 aliphatic rings. The van der Waals surface area contributed by atoms with E-state index in [0.717, 1.165) is 11.8 Å². The monoisotopic (exact) mass is 242 g/mol. The maximum absolute atomic E-state index is 12.9. The summed E-state index contributed by atoms with van der Waals surface area (Å²) >= 11 is 0. The van der Waals surface area contributed by atoms with Crippen LogP contribution in [-0.2, 0) is 6.54 Å². The minimum Gasteiger partial charge on any atom is -0.314 e. The fourth-order valence-electron chi connectivity index (χ4n) is 1.70. The summed E-state index contributed by atoms with van der Waals surface area (Å²) in [7, 11) is 0. The average Bonchev–Trinajstić information content (AvgIpc) is 2.18. The molecule has 0 spiro atoms. The number of carbonyl (C=O) groups is 1. The number of nitrogens with zero attached hydrogens (tertiary/aromatic N) is 3. The number of alkyl halides is 2. The molecule has 0 bridgehead atoms. The maximum atomic E-state index is 12.9. The molecule has 17 heavy (non-hydrogen) atoms. The van der Waals surface area contributed by atoms with Gasteiger partial charge in [0.05, 0.1) is 13.1 Å². The van der Waals surface area contributed by atoms with Gasteiger partial charge in [0.1, 0.15) is 12.1 Å². The van der Waals surface area contributed by atoms with E-state index in [-0.39, 0.29) is 6.54 Å². The number of rotatable bonds is 2. The molecule has 1 N–H and O–H groups in total. The van der Waals surface area contributed by atoms with Crippen molar-refractivity contribution in [2.24, 2.45) is 0 Å². The van der Waals surface area contributed by atoms with E-state index in [1.54, 1.807) is 6.92 Å². The van der Waals surface area contributed by atoms with Crippen LogP contribution >= 0.6 is 0 Å². The van der Waals surface area contributed by atoms with Gasteiger partial charge in [-0.25, -0.2) is 23.5 Å². The second-order valence-electron chi connectivity index (χ2n) is 4.14. The number of hydrogen-bond acceptors (Lipinski definition) is 3. The van der Waals surface area contributed by atoms with E-state index in [1.165, 1.54) is 6.33 Å². The lowest BCUT2D eigenvalue weighted by Crippen LogP contribution is -2.44. The van der Waals surface area contributed by atoms with Gasteiger partial charge >= 0.3 is 6.03 Å². The summed E-state index contributed by atoms with van der Waals surface area (Å²) in [4.78, 5) is 20.5. The Bertz CT molecular complexity index is 458. The van der Waals surface area contributed by atoms with Crippen LogP contribution < -0.4 is 5.32 Å². The Labute approximate surface area is 96.9 Å². The number of amides is 2. The van der Waals surface area contributed by atoms with Crippen molar-refractivity contribution >= 4 is 11.8 Å². The van der Waals surface area contributed by atoms with Crippen molar-refractivity contribution in [2.75, 3.05) is 11.9 Å². The topological polar surface area (TPSA) is 58.1 Å². The maximum Gasteiger partial charge on any atom is 0.323 e. The Morgan fingerprint density at radius 2 is 2.24 bits per heavy atom. The average molecular weight is 242 g/mol. The van der Waals surface area contributed by atoms with Gasteiger partial charge < -0.3 is 4.90 Å². The van der Waals surface area contributed by atoms with Crippen LogP contribution in [0.25, 0.3) is 0 Å². The van der Waals surface area contributed by atoms with E-state index >= 15 is 0 Å². The first-order chi connectivity index (χ1) is 7.87. The van der Waals surface area contributed by atoms with Crippen LogP contribution in [0.3, 0.4) is 0 Å². The first-order valence-corrected chi connectivity index (χ1v) is 5.11. The number of aromatic nitrogens is 2. The first kappa shape index (κ1) is 11.7. The van der Waals surface area contributed by atoms with Crippen LogP contribution in [0, 0.1) is 6.92 Å². The first-order valence-electron chi connectivity index (χ1n) is 5.11. The highest BCUT2D eigenvalue weighted by Crippen LogP contribution is 2.25. The van der Waals surface area contributed by atoms with Crippen molar-refractivity contribution in [2.45, 2.75) is 26.3 Å². The molecule has 2 amide bonds. The zero-order chi connectivity index (χ0) is 12.6. The molecule has 1 aromatic heterocycles. The zero-order valence-corrected chi connectivity index (χ0v) is 9.50. The minimum atomic E-state index is -2.92. The van der Waals surface area contributed by atoms with E-state index in [1.807, 2.05) is 0 Å². The van der Waals surface area contributed by atoms with Crippen LogP contribution in [0.15, 0.2) is 6.33 Å². The minimum absolute atomic E-state index is 0.108. The van der Waals surface area contributed by atoms with Crippen LogP contribution in [0.1, 0.15) is 18.2 Å². The van der Waals surface area contributed by atoms with Crippen molar-refractivity contribution < 1.29 is 13.6 Å². The van der Waals surface area contributed by atoms with Crippen LogP contribution in [0.2, 0.25) is 0 Å². The largest absolute Gasteiger partial charge is 0.323 e. The lowest BCUT2D eigenvalue weighted by Gasteiger charge is -2.30. The summed E-state index contributed by atoms with van der Waals surface area (Å²) in [6, 6.07) is -0.558. The van der Waals surface area contributed by atoms with Gasteiger partial charge in [-0.1, -0.05) is 0 Å². The van der Waals surface area contributed by atoms with Gasteiger partial charge in [-0.2, -0.15) is 0 Å². The third-order valence-corrected chi connectivity index (χ3v) is 2.49. The standard InChI is InChI=1S/C10H12F2N4O/c1-6-7-3-16(4-10(2,11)12)9(17)15-8(7)14-5-13-6/h5H,3-4H2,1-2H3,(H,13,14,15,17). The Balaban J connectivity index is 2.26. The quantitative estimate of drug-likeness (QED) is 0.860. The third-order valence-electron chi connectivity index (χ3n) is 2.49. The highest BCUT2D eigenvalue weighted by molar-refractivity contribution is 5.91. The summed E-state index contributed by atoms with van der Waals surface area (Å²) in [5.74, 6) is -2.52. The molecule has 92 valence electrons. The van der Waals surface area contributed by atoms with E-state index < -0.39 is 18.5 Å². The molecule has 0 atom stereocenters. The number of urea groups is 1. The molecule has 5 nitrogen and oxygen atoms in total. The van der Waals surface area contributed by atoms with Crippen LogP contribution in [-0.4, -0.2) is 33.4 Å². The summed E-state index contributed by atoms with van der Waals surface area (Å²) in [5, 5.41) is 2.48. The Morgan fingerprint density at radius 3 is 2.88 bits per heavy atom. The number of anilines is 1. The molecule has 1 aromatic rings. The predicted octanol–water partition coefficient (Wildman–Crippen LogP) is 1.79. The number of halogens is 2. The molecular formula is C10H12F2N4O. The number of hydrogen-bond donors (Lipinski definition) is 1. The smallest absolute Gasteiger partial charge is 0.314 e. The molecule has 0 saturated carbocycles. The second kappa shape index (κ2) is 3.90. The normalized spacial score (nSPS) is 15.5. The Hall–Kier alpha value is -1.79. The highest BCUT2D eigenvalue weighted by atomic mass is 19.3. The lowest BCUT2D eigenvalue weighted by molar-refractivity contribution is -0.00532. The van der Waals surface area contributed by atoms with E-state index in [2.05, 4.69) is 15.3 Å². The summed E-state index contributed by atoms with van der Waals surface area (Å²) in [6.45, 7) is 2.02. The lowest BCUT2D eigenvalue weighted by atomic mass is 10.1. The fraction of sp³-hybridized carbons (Fsp3) is 0.500. The van der Waals surface area contributed by atoms with Crippen LogP contribution in [0.4, 0.5) is 19.4 Å². The zero-order valence-electron chi connectivity index (χ0n) is 9.50. The van der Waals surface area contributed by atoms with Gasteiger partial charge in [-0.3, -0.25) is 5.32 Å². The van der Waals surface area contributed by atoms with Gasteiger partial charge in [0.2, 0.25) is 0 Å². The Kier molecular flexibility index (Phi) is 2.68. The highest BCUT2D eigenvalue weighted by Gasteiger charge is 2.32. The Morgan fingerprint density at radius 1 is 1.53 bits per heavy atom. The van der Waals surface area contributed by atoms with Gasteiger partial charge in [-0.15, -0.1) is 0 Å². The molecule has 0 fully saturated rings. The molecule has 0 saturated heterocycles. The fourth-order valence-corrected chi connectivity index (χ4v) is 1.70. The summed E-state index contributed by atoms with van der Waals surface area (Å²) in [5.41, 5.74) is 1.36. The number of aryl methyl sites for hydroxylation is 1. The van der Waals surface area contributed by atoms with Crippen molar-refractivity contribution in [1.29, 1.82) is 0 Å². The molecule has 2 heterocycles. The van der Waals surface area contributed by atoms with Gasteiger partial charge in [0, 0.05) is 18.2 Å². The predicted molar refractivity (Wildman–Crippen MR) is 56.8 cm³/mol. The third kappa shape index (κ3) is 2.48. The van der Waals surface area contributed by atoms with Gasteiger partial charge in [-0.05, 0) is 6.92 Å². The van der Waals surface area contributed by atoms with Gasteiger partial charge in [0.25, 0.3) is 5.92 Å². The molecule has 0 aromatic carbocycles. The summed E-state index contributed by atoms with van der Waals surface area (Å²) in [6.07, 6.45) is 1.33. The van der Waals surface area contributed by atoms with Crippen molar-refractivity contribution in [3.05, 3.63) is 17.6 Å². The number of nitrogens with one attached hydrogen (secondary N) is 1. The molecule has 1 aliphatic heterocycles. The van der Waals surface area contributed by atoms with Gasteiger partial charge in [0.15, 0.2) is 0 Å². The molecule has 0 unspecified atom stereocenters. The molecule has 0 radical (unpaired) electrons. The molecule has 7 heteroatoms. The van der Waals surface area contributed by atoms with Crippen molar-refractivity contribution in [1.82, 2.24) is 14.9 Å². The molecular weight excluding hydrogens is 230 g/mol. The van der Waals surface area contributed by atoms with Crippen LogP contribution in [0.5, 0.6) is 0 Å². The second-order valence-corrected chi connectivity index (χ2v) is 4.14. The molecule has 0 aliphatic carbocycles. The number of carbonyl (C=O) groups excluding carboxylic acids is 1. The van der Waals surface area contributed by atoms with E-state index in [4.69, 9.17) is 0 Å². The van der Waals surface area contributed by atoms with Crippen molar-refractivity contribution in [3.63, 3.8) is 0 Å². The molecule has 2 rings (SSSR count). The number of fused-ring (bicyclic) bond motifs is 1. The van der Waals surface area contributed by atoms with E-state index in [0.29, 0.717) is 17.1 Å². The summed E-state index contributed by atoms with van der Waals surface area (Å²) < 4.78 is 25.8.